The van der Waals surface area contributed by atoms with E-state index in [-0.39, 0.29) is 5.75 Å². The zero-order chi connectivity index (χ0) is 14.7. The van der Waals surface area contributed by atoms with Crippen molar-refractivity contribution in [1.29, 1.82) is 0 Å². The van der Waals surface area contributed by atoms with Crippen molar-refractivity contribution in [2.45, 2.75) is 6.92 Å². The van der Waals surface area contributed by atoms with Crippen molar-refractivity contribution >= 4 is 22.4 Å². The van der Waals surface area contributed by atoms with Gasteiger partial charge in [-0.25, -0.2) is 9.97 Å². The van der Waals surface area contributed by atoms with Crippen LogP contribution in [0.15, 0.2) is 48.8 Å². The highest BCUT2D eigenvalue weighted by molar-refractivity contribution is 5.96. The first-order valence-corrected chi connectivity index (χ1v) is 6.70. The van der Waals surface area contributed by atoms with Crippen LogP contribution in [0, 0.1) is 0 Å². The number of anilines is 2. The summed E-state index contributed by atoms with van der Waals surface area (Å²) in [7, 11) is 0. The maximum atomic E-state index is 9.76. The molecule has 5 nitrogen and oxygen atoms in total. The molecule has 0 aliphatic carbocycles. The molecule has 0 bridgehead atoms. The number of rotatable bonds is 4. The van der Waals surface area contributed by atoms with Crippen molar-refractivity contribution in [2.75, 3.05) is 11.9 Å². The minimum atomic E-state index is 0.121. The second kappa shape index (κ2) is 5.66. The normalized spacial score (nSPS) is 10.5. The molecule has 0 atom stereocenters. The summed E-state index contributed by atoms with van der Waals surface area (Å²) in [5.41, 5.74) is 1.56. The smallest absolute Gasteiger partial charge is 0.145 e. The first-order valence-electron chi connectivity index (χ1n) is 6.70. The summed E-state index contributed by atoms with van der Waals surface area (Å²) in [6.45, 7) is 2.39. The molecule has 0 saturated carbocycles. The van der Waals surface area contributed by atoms with Gasteiger partial charge in [-0.2, -0.15) is 0 Å². The number of benzene rings is 2. The number of hydrogen-bond donors (Lipinski definition) is 2. The molecule has 0 unspecified atom stereocenters. The van der Waals surface area contributed by atoms with Gasteiger partial charge < -0.3 is 15.2 Å². The van der Waals surface area contributed by atoms with Crippen LogP contribution in [0.4, 0.5) is 11.5 Å². The van der Waals surface area contributed by atoms with Crippen LogP contribution in [-0.2, 0) is 0 Å². The molecule has 2 aromatic carbocycles. The molecular weight excluding hydrogens is 266 g/mol. The molecule has 0 fully saturated rings. The average molecular weight is 281 g/mol. The zero-order valence-electron chi connectivity index (χ0n) is 11.6. The predicted octanol–water partition coefficient (Wildman–Crippen LogP) is 3.48. The minimum Gasteiger partial charge on any atom is -0.508 e. The van der Waals surface area contributed by atoms with Gasteiger partial charge in [-0.05, 0) is 19.1 Å². The van der Waals surface area contributed by atoms with Gasteiger partial charge in [0.2, 0.25) is 0 Å². The van der Waals surface area contributed by atoms with E-state index >= 15 is 0 Å². The highest BCUT2D eigenvalue weighted by atomic mass is 16.5. The summed E-state index contributed by atoms with van der Waals surface area (Å²) in [6.07, 6.45) is 1.46. The molecule has 1 aromatic heterocycles. The highest BCUT2D eigenvalue weighted by Crippen LogP contribution is 2.34. The third-order valence-corrected chi connectivity index (χ3v) is 3.02. The molecule has 3 aromatic rings. The van der Waals surface area contributed by atoms with Crippen LogP contribution < -0.4 is 10.1 Å². The predicted molar refractivity (Wildman–Crippen MR) is 82.1 cm³/mol. The molecule has 0 aliphatic rings. The maximum absolute atomic E-state index is 9.76. The Kier molecular flexibility index (Phi) is 3.55. The number of phenols is 1. The monoisotopic (exact) mass is 281 g/mol. The van der Waals surface area contributed by atoms with Gasteiger partial charge in [0.1, 0.15) is 23.6 Å². The first-order chi connectivity index (χ1) is 10.3. The van der Waals surface area contributed by atoms with E-state index in [9.17, 15) is 5.11 Å². The summed E-state index contributed by atoms with van der Waals surface area (Å²) in [5, 5.41) is 13.8. The molecule has 3 rings (SSSR count). The van der Waals surface area contributed by atoms with Crippen molar-refractivity contribution in [3.8, 4) is 11.5 Å². The van der Waals surface area contributed by atoms with Crippen LogP contribution in [0.25, 0.3) is 10.9 Å². The second-order valence-electron chi connectivity index (χ2n) is 4.48. The largest absolute Gasteiger partial charge is 0.508 e. The number of fused-ring (bicyclic) bond motifs is 1. The number of ether oxygens (including phenoxy) is 1. The Balaban J connectivity index is 2.14. The van der Waals surface area contributed by atoms with Crippen LogP contribution in [0.1, 0.15) is 6.92 Å². The number of para-hydroxylation sites is 1. The maximum Gasteiger partial charge on any atom is 0.145 e. The Bertz CT molecular complexity index is 760. The number of aromatic hydroxyl groups is 1. The molecule has 1 heterocycles. The van der Waals surface area contributed by atoms with Crippen LogP contribution in [0.3, 0.4) is 0 Å². The second-order valence-corrected chi connectivity index (χ2v) is 4.48. The van der Waals surface area contributed by atoms with Gasteiger partial charge in [-0.15, -0.1) is 0 Å². The van der Waals surface area contributed by atoms with Crippen molar-refractivity contribution in [1.82, 2.24) is 9.97 Å². The Hall–Kier alpha value is -2.82. The van der Waals surface area contributed by atoms with Crippen LogP contribution >= 0.6 is 0 Å². The third kappa shape index (κ3) is 2.72. The Labute approximate surface area is 122 Å². The van der Waals surface area contributed by atoms with E-state index in [1.807, 2.05) is 37.3 Å². The van der Waals surface area contributed by atoms with Gasteiger partial charge in [0.25, 0.3) is 0 Å². The molecule has 0 radical (unpaired) electrons. The van der Waals surface area contributed by atoms with E-state index in [1.54, 1.807) is 12.1 Å². The quantitative estimate of drug-likeness (QED) is 0.766. The Morgan fingerprint density at radius 2 is 1.95 bits per heavy atom. The summed E-state index contributed by atoms with van der Waals surface area (Å²) in [5.74, 6) is 1.33. The lowest BCUT2D eigenvalue weighted by Crippen LogP contribution is -1.99. The lowest BCUT2D eigenvalue weighted by Gasteiger charge is -2.12. The zero-order valence-corrected chi connectivity index (χ0v) is 11.6. The molecule has 21 heavy (non-hydrogen) atoms. The Morgan fingerprint density at radius 1 is 1.14 bits per heavy atom. The average Bonchev–Trinajstić information content (AvgIpc) is 2.48. The molecule has 0 spiro atoms. The van der Waals surface area contributed by atoms with Gasteiger partial charge in [-0.1, -0.05) is 18.2 Å². The molecule has 2 N–H and O–H groups in total. The molecule has 106 valence electrons. The lowest BCUT2D eigenvalue weighted by molar-refractivity contribution is 0.342. The highest BCUT2D eigenvalue weighted by Gasteiger charge is 2.12. The fourth-order valence-electron chi connectivity index (χ4n) is 2.16. The van der Waals surface area contributed by atoms with Crippen molar-refractivity contribution in [3.63, 3.8) is 0 Å². The number of aromatic nitrogens is 2. The van der Waals surface area contributed by atoms with E-state index in [0.717, 1.165) is 11.1 Å². The van der Waals surface area contributed by atoms with Gasteiger partial charge >= 0.3 is 0 Å². The fourth-order valence-corrected chi connectivity index (χ4v) is 2.16. The summed E-state index contributed by atoms with van der Waals surface area (Å²) in [4.78, 5) is 8.49. The molecule has 0 amide bonds. The number of phenolic OH excluding ortho intramolecular Hbond substituents is 1. The first kappa shape index (κ1) is 13.2. The third-order valence-electron chi connectivity index (χ3n) is 3.02. The molecule has 5 heteroatoms. The van der Waals surface area contributed by atoms with Crippen molar-refractivity contribution < 1.29 is 9.84 Å². The summed E-state index contributed by atoms with van der Waals surface area (Å²) >= 11 is 0. The SMILES string of the molecule is CCOc1cc(O)cc2ncnc(Nc3ccccc3)c12. The van der Waals surface area contributed by atoms with Gasteiger partial charge in [0.05, 0.1) is 17.5 Å². The lowest BCUT2D eigenvalue weighted by atomic mass is 10.2. The van der Waals surface area contributed by atoms with Gasteiger partial charge in [0.15, 0.2) is 0 Å². The van der Waals surface area contributed by atoms with E-state index in [1.165, 1.54) is 6.33 Å². The number of nitrogens with one attached hydrogen (secondary N) is 1. The fraction of sp³-hybridized carbons (Fsp3) is 0.125. The van der Waals surface area contributed by atoms with Gasteiger partial charge in [-0.3, -0.25) is 0 Å². The molecule has 0 saturated heterocycles. The van der Waals surface area contributed by atoms with Crippen LogP contribution in [0.2, 0.25) is 0 Å². The Morgan fingerprint density at radius 3 is 2.71 bits per heavy atom. The topological polar surface area (TPSA) is 67.3 Å². The summed E-state index contributed by atoms with van der Waals surface area (Å²) < 4.78 is 5.60. The summed E-state index contributed by atoms with van der Waals surface area (Å²) in [6, 6.07) is 12.9. The number of hydrogen-bond acceptors (Lipinski definition) is 5. The van der Waals surface area contributed by atoms with E-state index < -0.39 is 0 Å². The van der Waals surface area contributed by atoms with Gasteiger partial charge in [0, 0.05) is 17.8 Å². The standard InChI is InChI=1S/C16H15N3O2/c1-2-21-14-9-12(20)8-13-15(14)16(18-10-17-13)19-11-6-4-3-5-7-11/h3-10,20H,2H2,1H3,(H,17,18,19). The van der Waals surface area contributed by atoms with Crippen LogP contribution in [0.5, 0.6) is 11.5 Å². The number of nitrogens with zero attached hydrogens (tertiary/aromatic N) is 2. The van der Waals surface area contributed by atoms with E-state index in [0.29, 0.717) is 23.7 Å². The molecular formula is C16H15N3O2. The minimum absolute atomic E-state index is 0.121. The molecule has 0 aliphatic heterocycles. The van der Waals surface area contributed by atoms with Crippen molar-refractivity contribution in [3.05, 3.63) is 48.8 Å². The van der Waals surface area contributed by atoms with Crippen LogP contribution in [-0.4, -0.2) is 21.7 Å². The van der Waals surface area contributed by atoms with E-state index in [2.05, 4.69) is 15.3 Å². The van der Waals surface area contributed by atoms with Crippen molar-refractivity contribution in [2.24, 2.45) is 0 Å². The van der Waals surface area contributed by atoms with E-state index in [4.69, 9.17) is 4.74 Å².